The molecule has 1 saturated heterocycles. The highest BCUT2D eigenvalue weighted by atomic mass is 16.5. The average molecular weight is 657 g/mol. The number of imidazole rings is 2. The number of piperidine rings is 1. The van der Waals surface area contributed by atoms with Crippen molar-refractivity contribution >= 4 is 24.0 Å². The Balaban J connectivity index is 1.18. The van der Waals surface area contributed by atoms with Crippen LogP contribution >= 0.6 is 0 Å². The van der Waals surface area contributed by atoms with E-state index in [0.717, 1.165) is 46.5 Å². The Kier molecular flexibility index (Phi) is 11.1. The normalized spacial score (nSPS) is 14.4. The third kappa shape index (κ3) is 8.37. The number of benzene rings is 2. The zero-order valence-electron chi connectivity index (χ0n) is 27.2. The second kappa shape index (κ2) is 15.8. The number of rotatable bonds is 12. The fourth-order valence-electron chi connectivity index (χ4n) is 5.55. The number of H-pyrrole nitrogens is 2. The van der Waals surface area contributed by atoms with Crippen LogP contribution in [0.2, 0.25) is 0 Å². The van der Waals surface area contributed by atoms with Crippen molar-refractivity contribution in [3.05, 3.63) is 72.6 Å². The highest BCUT2D eigenvalue weighted by Crippen LogP contribution is 2.27. The summed E-state index contributed by atoms with van der Waals surface area (Å²) in [5, 5.41) is 5.03. The van der Waals surface area contributed by atoms with Gasteiger partial charge in [-0.25, -0.2) is 19.6 Å². The van der Waals surface area contributed by atoms with Crippen LogP contribution in [-0.2, 0) is 32.2 Å². The molecule has 4 N–H and O–H groups in total. The third-order valence-electron chi connectivity index (χ3n) is 8.09. The van der Waals surface area contributed by atoms with Crippen molar-refractivity contribution in [1.82, 2.24) is 40.4 Å². The Bertz CT molecular complexity index is 1630. The van der Waals surface area contributed by atoms with Gasteiger partial charge in [-0.15, -0.1) is 0 Å². The van der Waals surface area contributed by atoms with Crippen molar-refractivity contribution < 1.29 is 28.7 Å². The van der Waals surface area contributed by atoms with Crippen LogP contribution in [0.3, 0.4) is 0 Å². The summed E-state index contributed by atoms with van der Waals surface area (Å²) in [5.74, 6) is 0.944. The van der Waals surface area contributed by atoms with E-state index in [9.17, 15) is 19.2 Å². The van der Waals surface area contributed by atoms with Gasteiger partial charge in [0, 0.05) is 13.1 Å². The summed E-state index contributed by atoms with van der Waals surface area (Å²) in [6.45, 7) is 3.58. The number of methoxy groups -OCH3 is 2. The summed E-state index contributed by atoms with van der Waals surface area (Å²) in [7, 11) is 2.53. The number of ether oxygens (including phenoxy) is 2. The maximum absolute atomic E-state index is 12.8. The fourth-order valence-corrected chi connectivity index (χ4v) is 5.55. The number of aromatic nitrogens is 4. The lowest BCUT2D eigenvalue weighted by Gasteiger charge is -2.31. The smallest absolute Gasteiger partial charge is 0.407 e. The largest absolute Gasteiger partial charge is 0.453 e. The van der Waals surface area contributed by atoms with E-state index in [2.05, 4.69) is 40.0 Å². The number of hydrogen-bond acceptors (Lipinski definition) is 8. The van der Waals surface area contributed by atoms with Gasteiger partial charge in [0.15, 0.2) is 0 Å². The molecule has 1 atom stereocenters. The molecule has 1 aliphatic rings. The van der Waals surface area contributed by atoms with Crippen molar-refractivity contribution in [2.45, 2.75) is 45.3 Å². The van der Waals surface area contributed by atoms with Crippen LogP contribution in [-0.4, -0.2) is 93.6 Å². The predicted octanol–water partition coefficient (Wildman–Crippen LogP) is 4.08. The molecule has 4 aromatic rings. The lowest BCUT2D eigenvalue weighted by Crippen LogP contribution is -2.51. The van der Waals surface area contributed by atoms with Gasteiger partial charge < -0.3 is 39.9 Å². The molecule has 0 radical (unpaired) electrons. The summed E-state index contributed by atoms with van der Waals surface area (Å²) < 4.78 is 9.18. The minimum Gasteiger partial charge on any atom is -0.453 e. The minimum atomic E-state index is -0.651. The van der Waals surface area contributed by atoms with Gasteiger partial charge in [0.2, 0.25) is 11.8 Å². The summed E-state index contributed by atoms with van der Waals surface area (Å²) in [6, 6.07) is 15.7. The molecule has 2 aromatic carbocycles. The molecule has 48 heavy (non-hydrogen) atoms. The van der Waals surface area contributed by atoms with E-state index < -0.39 is 18.2 Å². The number of aromatic amines is 2. The van der Waals surface area contributed by atoms with E-state index >= 15 is 0 Å². The Hall–Kier alpha value is -5.66. The van der Waals surface area contributed by atoms with Crippen LogP contribution in [0.15, 0.2) is 60.9 Å². The number of hydrogen-bond donors (Lipinski definition) is 4. The number of likely N-dealkylation sites (tertiary alicyclic amines) is 1. The highest BCUT2D eigenvalue weighted by Gasteiger charge is 2.30. The molecule has 4 amide bonds. The van der Waals surface area contributed by atoms with E-state index in [1.54, 1.807) is 22.2 Å². The van der Waals surface area contributed by atoms with Crippen molar-refractivity contribution in [2.24, 2.45) is 0 Å². The van der Waals surface area contributed by atoms with E-state index in [4.69, 9.17) is 0 Å². The first kappa shape index (κ1) is 33.7. The Morgan fingerprint density at radius 1 is 0.875 bits per heavy atom. The number of carbonyl (C=O) groups excluding carboxylic acids is 4. The summed E-state index contributed by atoms with van der Waals surface area (Å²) in [4.78, 5) is 67.3. The van der Waals surface area contributed by atoms with Crippen molar-refractivity contribution in [3.8, 4) is 33.6 Å². The summed E-state index contributed by atoms with van der Waals surface area (Å²) in [5.41, 5.74) is 5.69. The molecule has 252 valence electrons. The molecule has 5 rings (SSSR count). The first-order chi connectivity index (χ1) is 23.3. The van der Waals surface area contributed by atoms with Gasteiger partial charge >= 0.3 is 12.2 Å². The number of alkyl carbamates (subject to hydrolysis) is 2. The molecule has 3 heterocycles. The van der Waals surface area contributed by atoms with Crippen molar-refractivity contribution in [2.75, 3.05) is 33.9 Å². The molecule has 14 nitrogen and oxygen atoms in total. The first-order valence-electron chi connectivity index (χ1n) is 15.8. The van der Waals surface area contributed by atoms with E-state index in [0.29, 0.717) is 44.2 Å². The third-order valence-corrected chi connectivity index (χ3v) is 8.09. The number of nitrogens with one attached hydrogen (secondary N) is 4. The van der Waals surface area contributed by atoms with Gasteiger partial charge in [-0.1, -0.05) is 55.5 Å². The highest BCUT2D eigenvalue weighted by molar-refractivity contribution is 5.86. The molecule has 2 aromatic heterocycles. The number of carbonyl (C=O) groups is 4. The molecule has 0 unspecified atom stereocenters. The maximum atomic E-state index is 12.8. The van der Waals surface area contributed by atoms with E-state index in [1.807, 2.05) is 55.5 Å². The SMILES string of the molecule is CCCN(Cc1ncc(-c2ccc(-c3ccc(-c4cnc(CN5CCC[C@@H](NC(=O)OC)C5=O)[nH]4)cc3)cc2)[nH]1)C(=O)CNC(=O)OC. The molecule has 0 spiro atoms. The lowest BCUT2D eigenvalue weighted by molar-refractivity contribution is -0.136. The van der Waals surface area contributed by atoms with E-state index in [1.165, 1.54) is 14.2 Å². The van der Waals surface area contributed by atoms with Crippen LogP contribution in [0.5, 0.6) is 0 Å². The van der Waals surface area contributed by atoms with Crippen molar-refractivity contribution in [1.29, 1.82) is 0 Å². The molecule has 0 bridgehead atoms. The number of amides is 4. The van der Waals surface area contributed by atoms with Crippen molar-refractivity contribution in [3.63, 3.8) is 0 Å². The topological polar surface area (TPSA) is 175 Å². The van der Waals surface area contributed by atoms with Crippen LogP contribution in [0.1, 0.15) is 37.8 Å². The van der Waals surface area contributed by atoms with Crippen LogP contribution < -0.4 is 10.6 Å². The second-order valence-electron chi connectivity index (χ2n) is 11.4. The maximum Gasteiger partial charge on any atom is 0.407 e. The van der Waals surface area contributed by atoms with Gasteiger partial charge in [-0.2, -0.15) is 0 Å². The molecule has 0 aliphatic carbocycles. The lowest BCUT2D eigenvalue weighted by atomic mass is 10.0. The zero-order valence-corrected chi connectivity index (χ0v) is 27.2. The van der Waals surface area contributed by atoms with Crippen LogP contribution in [0, 0.1) is 0 Å². The molecule has 1 aliphatic heterocycles. The summed E-state index contributed by atoms with van der Waals surface area (Å²) in [6.07, 6.45) is 4.36. The molecule has 1 fully saturated rings. The van der Waals surface area contributed by atoms with Crippen LogP contribution in [0.4, 0.5) is 9.59 Å². The fraction of sp³-hybridized carbons (Fsp3) is 0.353. The Morgan fingerprint density at radius 2 is 1.44 bits per heavy atom. The van der Waals surface area contributed by atoms with Gasteiger partial charge in [0.25, 0.3) is 0 Å². The van der Waals surface area contributed by atoms with Gasteiger partial charge in [0.05, 0.1) is 51.1 Å². The van der Waals surface area contributed by atoms with Crippen LogP contribution in [0.25, 0.3) is 33.6 Å². The Morgan fingerprint density at radius 3 is 2.02 bits per heavy atom. The first-order valence-corrected chi connectivity index (χ1v) is 15.8. The zero-order chi connectivity index (χ0) is 34.0. The molecule has 14 heteroatoms. The minimum absolute atomic E-state index is 0.147. The van der Waals surface area contributed by atoms with Gasteiger partial charge in [-0.3, -0.25) is 9.59 Å². The molecular formula is C34H40N8O6. The average Bonchev–Trinajstić information content (AvgIpc) is 3.79. The standard InChI is InChI=1S/C34H40N8O6/c1-4-15-41(31(43)19-37-33(45)47-2)20-29-35-17-27(38-29)24-11-7-22(8-12-24)23-9-13-25(14-10-23)28-18-36-30(39-28)21-42-16-5-6-26(32(42)44)40-34(46)48-3/h7-14,17-18,26H,4-6,15-16,19-21H2,1-3H3,(H,35,38)(H,36,39)(H,37,45)(H,40,46)/t26-/m1/s1. The summed E-state index contributed by atoms with van der Waals surface area (Å²) >= 11 is 0. The Labute approximate surface area is 278 Å². The predicted molar refractivity (Wildman–Crippen MR) is 177 cm³/mol. The monoisotopic (exact) mass is 656 g/mol. The second-order valence-corrected chi connectivity index (χ2v) is 11.4. The van der Waals surface area contributed by atoms with E-state index in [-0.39, 0.29) is 18.4 Å². The van der Waals surface area contributed by atoms with Gasteiger partial charge in [-0.05, 0) is 41.5 Å². The quantitative estimate of drug-likeness (QED) is 0.177. The number of nitrogens with zero attached hydrogens (tertiary/aromatic N) is 4. The molecule has 0 saturated carbocycles. The molecular weight excluding hydrogens is 616 g/mol. The van der Waals surface area contributed by atoms with Gasteiger partial charge in [0.1, 0.15) is 24.2 Å².